The Kier molecular flexibility index (Phi) is 4.38. The maximum atomic E-state index is 10.4. The molecule has 0 fully saturated rings. The first-order valence-corrected chi connectivity index (χ1v) is 6.94. The molecule has 0 radical (unpaired) electrons. The van der Waals surface area contributed by atoms with Crippen molar-refractivity contribution in [1.82, 2.24) is 9.78 Å². The van der Waals surface area contributed by atoms with E-state index in [-0.39, 0.29) is 0 Å². The van der Waals surface area contributed by atoms with Crippen LogP contribution in [0.1, 0.15) is 42.5 Å². The molecule has 0 saturated carbocycles. The van der Waals surface area contributed by atoms with Gasteiger partial charge in [0, 0.05) is 18.7 Å². The van der Waals surface area contributed by atoms with Crippen LogP contribution in [0.5, 0.6) is 0 Å². The van der Waals surface area contributed by atoms with Gasteiger partial charge in [0.15, 0.2) is 0 Å². The molecule has 0 aliphatic carbocycles. The molecule has 3 nitrogen and oxygen atoms in total. The van der Waals surface area contributed by atoms with E-state index in [0.717, 1.165) is 35.5 Å². The summed E-state index contributed by atoms with van der Waals surface area (Å²) >= 11 is 0. The van der Waals surface area contributed by atoms with Crippen LogP contribution in [-0.4, -0.2) is 14.9 Å². The minimum absolute atomic E-state index is 0.465. The SMILES string of the molecule is CCc1cc(CC(O)c2ccccc2C)n(CC)n1. The lowest BCUT2D eigenvalue weighted by atomic mass is 10.00. The van der Waals surface area contributed by atoms with Crippen LogP contribution < -0.4 is 0 Å². The van der Waals surface area contributed by atoms with E-state index in [9.17, 15) is 5.11 Å². The summed E-state index contributed by atoms with van der Waals surface area (Å²) in [5, 5.41) is 14.9. The minimum atomic E-state index is -0.465. The molecule has 1 aromatic heterocycles. The van der Waals surface area contributed by atoms with E-state index in [1.54, 1.807) is 0 Å². The van der Waals surface area contributed by atoms with Gasteiger partial charge in [0.1, 0.15) is 0 Å². The topological polar surface area (TPSA) is 38.0 Å². The van der Waals surface area contributed by atoms with Crippen LogP contribution in [0.25, 0.3) is 0 Å². The fourth-order valence-electron chi connectivity index (χ4n) is 2.39. The first kappa shape index (κ1) is 13.8. The Labute approximate surface area is 114 Å². The zero-order valence-electron chi connectivity index (χ0n) is 11.9. The van der Waals surface area contributed by atoms with E-state index in [1.165, 1.54) is 0 Å². The number of hydrogen-bond donors (Lipinski definition) is 1. The monoisotopic (exact) mass is 258 g/mol. The largest absolute Gasteiger partial charge is 0.388 e. The standard InChI is InChI=1S/C16H22N2O/c1-4-13-10-14(18(5-2)17-13)11-16(19)15-9-7-6-8-12(15)3/h6-10,16,19H,4-5,11H2,1-3H3. The summed E-state index contributed by atoms with van der Waals surface area (Å²) in [6.07, 6.45) is 1.08. The molecule has 0 amide bonds. The van der Waals surface area contributed by atoms with Gasteiger partial charge in [0.25, 0.3) is 0 Å². The molecule has 1 unspecified atom stereocenters. The molecule has 1 aromatic carbocycles. The molecule has 1 N–H and O–H groups in total. The summed E-state index contributed by atoms with van der Waals surface area (Å²) in [6.45, 7) is 7.06. The summed E-state index contributed by atoms with van der Waals surface area (Å²) in [6, 6.07) is 10.1. The van der Waals surface area contributed by atoms with Gasteiger partial charge in [-0.25, -0.2) is 0 Å². The Morgan fingerprint density at radius 3 is 2.63 bits per heavy atom. The second-order valence-corrected chi connectivity index (χ2v) is 4.87. The van der Waals surface area contributed by atoms with Crippen molar-refractivity contribution in [3.8, 4) is 0 Å². The Balaban J connectivity index is 2.21. The van der Waals surface area contributed by atoms with Crippen LogP contribution in [0, 0.1) is 6.92 Å². The van der Waals surface area contributed by atoms with Gasteiger partial charge in [-0.3, -0.25) is 4.68 Å². The highest BCUT2D eigenvalue weighted by molar-refractivity contribution is 5.28. The number of rotatable bonds is 5. The summed E-state index contributed by atoms with van der Waals surface area (Å²) in [4.78, 5) is 0. The van der Waals surface area contributed by atoms with Crippen LogP contribution in [0.15, 0.2) is 30.3 Å². The van der Waals surface area contributed by atoms with E-state index in [2.05, 4.69) is 25.0 Å². The molecule has 1 atom stereocenters. The number of aromatic nitrogens is 2. The number of aliphatic hydroxyl groups is 1. The van der Waals surface area contributed by atoms with E-state index in [4.69, 9.17) is 0 Å². The van der Waals surface area contributed by atoms with Crippen LogP contribution >= 0.6 is 0 Å². The summed E-state index contributed by atoms with van der Waals surface area (Å²) < 4.78 is 1.99. The second-order valence-electron chi connectivity index (χ2n) is 4.87. The van der Waals surface area contributed by atoms with Crippen molar-refractivity contribution in [2.45, 2.75) is 46.3 Å². The summed E-state index contributed by atoms with van der Waals surface area (Å²) in [7, 11) is 0. The van der Waals surface area contributed by atoms with Gasteiger partial charge < -0.3 is 5.11 Å². The molecule has 3 heteroatoms. The van der Waals surface area contributed by atoms with E-state index < -0.39 is 6.10 Å². The molecule has 0 spiro atoms. The Morgan fingerprint density at radius 2 is 2.00 bits per heavy atom. The zero-order chi connectivity index (χ0) is 13.8. The Hall–Kier alpha value is -1.61. The van der Waals surface area contributed by atoms with Crippen molar-refractivity contribution in [2.24, 2.45) is 0 Å². The fraction of sp³-hybridized carbons (Fsp3) is 0.438. The molecule has 0 aliphatic heterocycles. The third-order valence-electron chi connectivity index (χ3n) is 3.53. The zero-order valence-corrected chi connectivity index (χ0v) is 11.9. The van der Waals surface area contributed by atoms with E-state index >= 15 is 0 Å². The number of hydrogen-bond acceptors (Lipinski definition) is 2. The normalized spacial score (nSPS) is 12.6. The Bertz CT molecular complexity index is 545. The molecule has 1 heterocycles. The van der Waals surface area contributed by atoms with Gasteiger partial charge in [-0.1, -0.05) is 31.2 Å². The maximum absolute atomic E-state index is 10.4. The first-order valence-electron chi connectivity index (χ1n) is 6.94. The Morgan fingerprint density at radius 1 is 1.26 bits per heavy atom. The maximum Gasteiger partial charge on any atom is 0.0847 e. The highest BCUT2D eigenvalue weighted by Gasteiger charge is 2.14. The average Bonchev–Trinajstić information content (AvgIpc) is 2.81. The minimum Gasteiger partial charge on any atom is -0.388 e. The van der Waals surface area contributed by atoms with Gasteiger partial charge in [-0.2, -0.15) is 5.10 Å². The molecular formula is C16H22N2O. The predicted molar refractivity (Wildman–Crippen MR) is 77.1 cm³/mol. The van der Waals surface area contributed by atoms with Crippen molar-refractivity contribution in [1.29, 1.82) is 0 Å². The van der Waals surface area contributed by atoms with E-state index in [0.29, 0.717) is 6.42 Å². The molecule has 0 aliphatic rings. The highest BCUT2D eigenvalue weighted by Crippen LogP contribution is 2.22. The lowest BCUT2D eigenvalue weighted by Gasteiger charge is -2.14. The first-order chi connectivity index (χ1) is 9.15. The second kappa shape index (κ2) is 6.02. The lowest BCUT2D eigenvalue weighted by Crippen LogP contribution is -2.09. The summed E-state index contributed by atoms with van der Waals surface area (Å²) in [5.41, 5.74) is 4.33. The molecular weight excluding hydrogens is 236 g/mol. The number of aryl methyl sites for hydroxylation is 3. The third kappa shape index (κ3) is 3.04. The average molecular weight is 258 g/mol. The lowest BCUT2D eigenvalue weighted by molar-refractivity contribution is 0.174. The highest BCUT2D eigenvalue weighted by atomic mass is 16.3. The number of benzene rings is 1. The van der Waals surface area contributed by atoms with Crippen molar-refractivity contribution in [2.75, 3.05) is 0 Å². The van der Waals surface area contributed by atoms with E-state index in [1.807, 2.05) is 35.9 Å². The number of nitrogens with zero attached hydrogens (tertiary/aromatic N) is 2. The van der Waals surface area contributed by atoms with Crippen LogP contribution in [-0.2, 0) is 19.4 Å². The van der Waals surface area contributed by atoms with Crippen LogP contribution in [0.3, 0.4) is 0 Å². The van der Waals surface area contributed by atoms with Gasteiger partial charge in [-0.05, 0) is 37.5 Å². The van der Waals surface area contributed by atoms with Gasteiger partial charge in [-0.15, -0.1) is 0 Å². The van der Waals surface area contributed by atoms with Crippen LogP contribution in [0.4, 0.5) is 0 Å². The van der Waals surface area contributed by atoms with Crippen molar-refractivity contribution >= 4 is 0 Å². The van der Waals surface area contributed by atoms with Gasteiger partial charge in [0.2, 0.25) is 0 Å². The molecule has 102 valence electrons. The molecule has 0 saturated heterocycles. The van der Waals surface area contributed by atoms with Crippen molar-refractivity contribution in [3.05, 3.63) is 52.8 Å². The quantitative estimate of drug-likeness (QED) is 0.895. The van der Waals surface area contributed by atoms with Gasteiger partial charge >= 0.3 is 0 Å². The molecule has 19 heavy (non-hydrogen) atoms. The molecule has 2 rings (SSSR count). The molecule has 0 bridgehead atoms. The third-order valence-corrected chi connectivity index (χ3v) is 3.53. The van der Waals surface area contributed by atoms with Crippen molar-refractivity contribution < 1.29 is 5.11 Å². The fourth-order valence-corrected chi connectivity index (χ4v) is 2.39. The smallest absolute Gasteiger partial charge is 0.0847 e. The summed E-state index contributed by atoms with van der Waals surface area (Å²) in [5.74, 6) is 0. The number of aliphatic hydroxyl groups excluding tert-OH is 1. The van der Waals surface area contributed by atoms with Crippen molar-refractivity contribution in [3.63, 3.8) is 0 Å². The molecule has 2 aromatic rings. The van der Waals surface area contributed by atoms with Gasteiger partial charge in [0.05, 0.1) is 11.8 Å². The predicted octanol–water partition coefficient (Wildman–Crippen LogP) is 3.05. The van der Waals surface area contributed by atoms with Crippen LogP contribution in [0.2, 0.25) is 0 Å².